The molecule has 0 bridgehead atoms. The molecule has 2 atom stereocenters. The molecule has 1 aliphatic heterocycles. The molecule has 3 rings (SSSR count). The first-order valence-corrected chi connectivity index (χ1v) is 9.52. The Morgan fingerprint density at radius 2 is 1.80 bits per heavy atom. The molecular formula is C22H24F2N2O4. The first-order valence-electron chi connectivity index (χ1n) is 9.52. The monoisotopic (exact) mass is 418 g/mol. The number of hydrogen-bond acceptors (Lipinski definition) is 4. The highest BCUT2D eigenvalue weighted by Gasteiger charge is 2.50. The standard InChI is InChI=1S/C22H24F2N2O4/c1-12-5-6-13(2)19(14(12)3)30-11-16(27)10-26-20(28)22(4,25-21(26)29)17-9-15(23)7-8-18(17)24/h5-9,16,27H,10-11H2,1-4H3,(H,25,29)/t16-,22-/m1/s1. The van der Waals surface area contributed by atoms with Gasteiger partial charge in [-0.15, -0.1) is 0 Å². The lowest BCUT2D eigenvalue weighted by Crippen LogP contribution is -2.43. The first-order chi connectivity index (χ1) is 14.0. The van der Waals surface area contributed by atoms with E-state index in [0.717, 1.165) is 39.8 Å². The van der Waals surface area contributed by atoms with Crippen molar-refractivity contribution in [3.63, 3.8) is 0 Å². The second kappa shape index (κ2) is 8.02. The SMILES string of the molecule is Cc1ccc(C)c(OC[C@H](O)CN2C(=O)N[C@](C)(c3cc(F)ccc3F)C2=O)c1C. The third kappa shape index (κ3) is 3.87. The summed E-state index contributed by atoms with van der Waals surface area (Å²) in [5.74, 6) is -1.69. The molecule has 8 heteroatoms. The number of carbonyl (C=O) groups is 2. The molecule has 0 aromatic heterocycles. The summed E-state index contributed by atoms with van der Waals surface area (Å²) in [6.07, 6.45) is -1.17. The van der Waals surface area contributed by atoms with Gasteiger partial charge < -0.3 is 15.2 Å². The minimum absolute atomic E-state index is 0.146. The molecule has 0 saturated carbocycles. The van der Waals surface area contributed by atoms with Gasteiger partial charge >= 0.3 is 6.03 Å². The number of ether oxygens (including phenoxy) is 1. The van der Waals surface area contributed by atoms with Crippen LogP contribution in [0.4, 0.5) is 13.6 Å². The van der Waals surface area contributed by atoms with Gasteiger partial charge in [-0.25, -0.2) is 13.6 Å². The number of benzene rings is 2. The molecule has 3 amide bonds. The van der Waals surface area contributed by atoms with Crippen LogP contribution in [0.25, 0.3) is 0 Å². The number of aliphatic hydroxyl groups excluding tert-OH is 1. The molecule has 2 aromatic carbocycles. The van der Waals surface area contributed by atoms with Crippen molar-refractivity contribution < 1.29 is 28.2 Å². The number of aliphatic hydroxyl groups is 1. The lowest BCUT2D eigenvalue weighted by Gasteiger charge is -2.24. The predicted octanol–water partition coefficient (Wildman–Crippen LogP) is 3.10. The number of β-amino-alcohol motifs (C(OH)–C–C–N with tert-alkyl or cyclic N) is 1. The molecule has 2 N–H and O–H groups in total. The van der Waals surface area contributed by atoms with Gasteiger partial charge in [0.15, 0.2) is 0 Å². The summed E-state index contributed by atoms with van der Waals surface area (Å²) in [4.78, 5) is 26.0. The van der Waals surface area contributed by atoms with Gasteiger partial charge in [0, 0.05) is 5.56 Å². The average Bonchev–Trinajstić information content (AvgIpc) is 2.90. The molecule has 0 radical (unpaired) electrons. The van der Waals surface area contributed by atoms with Crippen molar-refractivity contribution in [1.29, 1.82) is 0 Å². The number of imide groups is 1. The van der Waals surface area contributed by atoms with Crippen molar-refractivity contribution in [2.45, 2.75) is 39.3 Å². The van der Waals surface area contributed by atoms with Gasteiger partial charge in [0.05, 0.1) is 6.54 Å². The van der Waals surface area contributed by atoms with Gasteiger partial charge in [-0.1, -0.05) is 12.1 Å². The second-order valence-corrected chi connectivity index (χ2v) is 7.71. The Balaban J connectivity index is 1.73. The molecule has 2 aromatic rings. The number of aryl methyl sites for hydroxylation is 2. The smallest absolute Gasteiger partial charge is 0.325 e. The average molecular weight is 418 g/mol. The van der Waals surface area contributed by atoms with E-state index in [1.807, 2.05) is 32.9 Å². The minimum Gasteiger partial charge on any atom is -0.490 e. The quantitative estimate of drug-likeness (QED) is 0.707. The second-order valence-electron chi connectivity index (χ2n) is 7.71. The number of carbonyl (C=O) groups excluding carboxylic acids is 2. The Bertz CT molecular complexity index is 1010. The topological polar surface area (TPSA) is 78.9 Å². The number of amides is 3. The molecule has 160 valence electrons. The maximum absolute atomic E-state index is 14.2. The molecule has 1 aliphatic rings. The Kier molecular flexibility index (Phi) is 5.81. The summed E-state index contributed by atoms with van der Waals surface area (Å²) in [6.45, 7) is 6.53. The van der Waals surface area contributed by atoms with Crippen LogP contribution >= 0.6 is 0 Å². The molecule has 6 nitrogen and oxygen atoms in total. The highest BCUT2D eigenvalue weighted by Crippen LogP contribution is 2.31. The van der Waals surface area contributed by atoms with Gasteiger partial charge in [-0.05, 0) is 62.6 Å². The molecule has 1 saturated heterocycles. The van der Waals surface area contributed by atoms with Gasteiger partial charge in [0.1, 0.15) is 35.6 Å². The number of urea groups is 1. The van der Waals surface area contributed by atoms with Crippen LogP contribution in [0.2, 0.25) is 0 Å². The molecular weight excluding hydrogens is 394 g/mol. The van der Waals surface area contributed by atoms with E-state index in [9.17, 15) is 23.5 Å². The lowest BCUT2D eigenvalue weighted by molar-refractivity contribution is -0.132. The summed E-state index contributed by atoms with van der Waals surface area (Å²) in [6, 6.07) is 5.77. The van der Waals surface area contributed by atoms with Crippen molar-refractivity contribution >= 4 is 11.9 Å². The summed E-state index contributed by atoms with van der Waals surface area (Å²) < 4.78 is 33.5. The highest BCUT2D eigenvalue weighted by molar-refractivity contribution is 6.07. The highest BCUT2D eigenvalue weighted by atomic mass is 19.1. The third-order valence-electron chi connectivity index (χ3n) is 5.43. The van der Waals surface area contributed by atoms with E-state index in [4.69, 9.17) is 4.74 Å². The van der Waals surface area contributed by atoms with Crippen LogP contribution in [-0.2, 0) is 10.3 Å². The maximum Gasteiger partial charge on any atom is 0.325 e. The van der Waals surface area contributed by atoms with Crippen molar-refractivity contribution in [2.75, 3.05) is 13.2 Å². The number of rotatable bonds is 6. The van der Waals surface area contributed by atoms with Gasteiger partial charge in [0.2, 0.25) is 0 Å². The van der Waals surface area contributed by atoms with E-state index in [1.54, 1.807) is 0 Å². The number of nitrogens with zero attached hydrogens (tertiary/aromatic N) is 1. The van der Waals surface area contributed by atoms with E-state index in [1.165, 1.54) is 6.92 Å². The Hall–Kier alpha value is -3.00. The normalized spacial score (nSPS) is 19.8. The van der Waals surface area contributed by atoms with Crippen LogP contribution in [0.5, 0.6) is 5.75 Å². The van der Waals surface area contributed by atoms with Crippen molar-refractivity contribution in [1.82, 2.24) is 10.2 Å². The number of nitrogens with one attached hydrogen (secondary N) is 1. The maximum atomic E-state index is 14.2. The van der Waals surface area contributed by atoms with Gasteiger partial charge in [0.25, 0.3) is 5.91 Å². The van der Waals surface area contributed by atoms with Crippen LogP contribution in [0.1, 0.15) is 29.2 Å². The third-order valence-corrected chi connectivity index (χ3v) is 5.43. The van der Waals surface area contributed by atoms with Gasteiger partial charge in [-0.2, -0.15) is 0 Å². The van der Waals surface area contributed by atoms with Crippen molar-refractivity contribution in [3.8, 4) is 5.75 Å². The van der Waals surface area contributed by atoms with Crippen LogP contribution in [0.3, 0.4) is 0 Å². The van der Waals surface area contributed by atoms with Crippen LogP contribution < -0.4 is 10.1 Å². The zero-order valence-electron chi connectivity index (χ0n) is 17.3. The van der Waals surface area contributed by atoms with Crippen LogP contribution in [-0.4, -0.2) is 41.2 Å². The zero-order valence-corrected chi connectivity index (χ0v) is 17.3. The molecule has 0 aliphatic carbocycles. The minimum atomic E-state index is -1.77. The summed E-state index contributed by atoms with van der Waals surface area (Å²) in [5.41, 5.74) is 0.820. The summed E-state index contributed by atoms with van der Waals surface area (Å²) in [5, 5.41) is 12.8. The molecule has 1 fully saturated rings. The predicted molar refractivity (Wildman–Crippen MR) is 106 cm³/mol. The van der Waals surface area contributed by atoms with Crippen LogP contribution in [0.15, 0.2) is 30.3 Å². The van der Waals surface area contributed by atoms with Crippen molar-refractivity contribution in [3.05, 3.63) is 64.2 Å². The number of halogens is 2. The van der Waals surface area contributed by atoms with E-state index in [-0.39, 0.29) is 18.7 Å². The summed E-state index contributed by atoms with van der Waals surface area (Å²) >= 11 is 0. The number of hydrogen-bond donors (Lipinski definition) is 2. The van der Waals surface area contributed by atoms with E-state index < -0.39 is 35.2 Å². The van der Waals surface area contributed by atoms with E-state index >= 15 is 0 Å². The molecule has 0 spiro atoms. The zero-order chi connectivity index (χ0) is 22.2. The summed E-state index contributed by atoms with van der Waals surface area (Å²) in [7, 11) is 0. The first kappa shape index (κ1) is 21.7. The fraction of sp³-hybridized carbons (Fsp3) is 0.364. The molecule has 0 unspecified atom stereocenters. The molecule has 1 heterocycles. The fourth-order valence-corrected chi connectivity index (χ4v) is 3.52. The van der Waals surface area contributed by atoms with Crippen molar-refractivity contribution in [2.24, 2.45) is 0 Å². The lowest BCUT2D eigenvalue weighted by atomic mass is 9.91. The molecule has 30 heavy (non-hydrogen) atoms. The van der Waals surface area contributed by atoms with Crippen LogP contribution in [0, 0.1) is 32.4 Å². The Labute approximate surface area is 173 Å². The van der Waals surface area contributed by atoms with Gasteiger partial charge in [-0.3, -0.25) is 9.69 Å². The van der Waals surface area contributed by atoms with E-state index in [2.05, 4.69) is 5.32 Å². The Morgan fingerprint density at radius 1 is 1.13 bits per heavy atom. The fourth-order valence-electron chi connectivity index (χ4n) is 3.52. The Morgan fingerprint density at radius 3 is 2.50 bits per heavy atom. The largest absolute Gasteiger partial charge is 0.490 e. The van der Waals surface area contributed by atoms with E-state index in [0.29, 0.717) is 5.75 Å².